The van der Waals surface area contributed by atoms with Crippen LogP contribution in [0.1, 0.15) is 26.7 Å². The molecule has 2 rings (SSSR count). The Hall–Kier alpha value is -1.55. The number of piperidine rings is 1. The Bertz CT molecular complexity index is 439. The van der Waals surface area contributed by atoms with Gasteiger partial charge in [0, 0.05) is 13.1 Å². The lowest BCUT2D eigenvalue weighted by molar-refractivity contribution is -0.135. The largest absolute Gasteiger partial charge is 0.493 e. The summed E-state index contributed by atoms with van der Waals surface area (Å²) in [7, 11) is 0. The summed E-state index contributed by atoms with van der Waals surface area (Å²) in [5.74, 6) is 1.71. The number of likely N-dealkylation sites (tertiary alicyclic amines) is 1. The van der Waals surface area contributed by atoms with Gasteiger partial charge in [0.25, 0.3) is 0 Å². The van der Waals surface area contributed by atoms with Crippen molar-refractivity contribution in [2.24, 2.45) is 17.6 Å². The SMILES string of the molecule is CC(C)[C@H](N)C(=O)N1CCC(COc2ccccc2)CC1. The summed E-state index contributed by atoms with van der Waals surface area (Å²) in [6.07, 6.45) is 1.98. The van der Waals surface area contributed by atoms with Gasteiger partial charge >= 0.3 is 0 Å². The molecule has 1 aliphatic rings. The summed E-state index contributed by atoms with van der Waals surface area (Å²) in [5.41, 5.74) is 5.94. The van der Waals surface area contributed by atoms with Gasteiger partial charge in [0.1, 0.15) is 5.75 Å². The quantitative estimate of drug-likeness (QED) is 0.905. The van der Waals surface area contributed by atoms with Crippen LogP contribution in [0.25, 0.3) is 0 Å². The fraction of sp³-hybridized carbons (Fsp3) is 0.588. The number of ether oxygens (including phenoxy) is 1. The maximum absolute atomic E-state index is 12.2. The van der Waals surface area contributed by atoms with Crippen LogP contribution < -0.4 is 10.5 Å². The van der Waals surface area contributed by atoms with Crippen LogP contribution in [-0.4, -0.2) is 36.5 Å². The van der Waals surface area contributed by atoms with Crippen molar-refractivity contribution in [3.8, 4) is 5.75 Å². The van der Waals surface area contributed by atoms with E-state index in [0.717, 1.165) is 38.3 Å². The third kappa shape index (κ3) is 4.46. The van der Waals surface area contributed by atoms with Crippen LogP contribution in [0.3, 0.4) is 0 Å². The molecule has 1 heterocycles. The highest BCUT2D eigenvalue weighted by Crippen LogP contribution is 2.20. The van der Waals surface area contributed by atoms with Crippen molar-refractivity contribution in [1.82, 2.24) is 4.90 Å². The molecule has 1 saturated heterocycles. The predicted molar refractivity (Wildman–Crippen MR) is 84.1 cm³/mol. The summed E-state index contributed by atoms with van der Waals surface area (Å²) >= 11 is 0. The van der Waals surface area contributed by atoms with E-state index < -0.39 is 0 Å². The molecule has 1 aromatic rings. The molecule has 0 radical (unpaired) electrons. The molecule has 4 nitrogen and oxygen atoms in total. The minimum absolute atomic E-state index is 0.0902. The molecule has 4 heteroatoms. The number of para-hydroxylation sites is 1. The van der Waals surface area contributed by atoms with E-state index in [0.29, 0.717) is 5.92 Å². The van der Waals surface area contributed by atoms with Crippen molar-refractivity contribution in [2.45, 2.75) is 32.7 Å². The standard InChI is InChI=1S/C17H26N2O2/c1-13(2)16(18)17(20)19-10-8-14(9-11-19)12-21-15-6-4-3-5-7-15/h3-7,13-14,16H,8-12,18H2,1-2H3/t16-/m0/s1. The monoisotopic (exact) mass is 290 g/mol. The van der Waals surface area contributed by atoms with E-state index in [1.807, 2.05) is 49.1 Å². The summed E-state index contributed by atoms with van der Waals surface area (Å²) < 4.78 is 5.80. The van der Waals surface area contributed by atoms with Gasteiger partial charge in [-0.1, -0.05) is 32.0 Å². The number of nitrogens with zero attached hydrogens (tertiary/aromatic N) is 1. The topological polar surface area (TPSA) is 55.6 Å². The minimum Gasteiger partial charge on any atom is -0.493 e. The number of rotatable bonds is 5. The molecule has 0 aromatic heterocycles. The van der Waals surface area contributed by atoms with Crippen LogP contribution in [0, 0.1) is 11.8 Å². The van der Waals surface area contributed by atoms with Crippen LogP contribution >= 0.6 is 0 Å². The van der Waals surface area contributed by atoms with Crippen LogP contribution in [0.5, 0.6) is 5.75 Å². The lowest BCUT2D eigenvalue weighted by Gasteiger charge is -2.34. The van der Waals surface area contributed by atoms with Crippen molar-refractivity contribution < 1.29 is 9.53 Å². The first-order chi connectivity index (χ1) is 10.1. The Balaban J connectivity index is 1.74. The number of hydrogen-bond acceptors (Lipinski definition) is 3. The average Bonchev–Trinajstić information content (AvgIpc) is 2.53. The normalized spacial score (nSPS) is 17.8. The molecule has 1 amide bonds. The van der Waals surface area contributed by atoms with Crippen molar-refractivity contribution in [3.63, 3.8) is 0 Å². The van der Waals surface area contributed by atoms with E-state index in [1.165, 1.54) is 0 Å². The van der Waals surface area contributed by atoms with Gasteiger partial charge in [-0.2, -0.15) is 0 Å². The van der Waals surface area contributed by atoms with Crippen molar-refractivity contribution in [2.75, 3.05) is 19.7 Å². The Morgan fingerprint density at radius 3 is 2.48 bits per heavy atom. The van der Waals surface area contributed by atoms with E-state index in [1.54, 1.807) is 0 Å². The molecule has 1 aliphatic heterocycles. The zero-order chi connectivity index (χ0) is 15.2. The Labute approximate surface area is 127 Å². The third-order valence-corrected chi connectivity index (χ3v) is 4.16. The summed E-state index contributed by atoms with van der Waals surface area (Å²) in [6, 6.07) is 9.51. The van der Waals surface area contributed by atoms with Gasteiger partial charge in [-0.25, -0.2) is 0 Å². The van der Waals surface area contributed by atoms with Crippen LogP contribution in [0.2, 0.25) is 0 Å². The van der Waals surface area contributed by atoms with Gasteiger partial charge in [-0.05, 0) is 36.8 Å². The number of amides is 1. The van der Waals surface area contributed by atoms with Crippen molar-refractivity contribution in [3.05, 3.63) is 30.3 Å². The highest BCUT2D eigenvalue weighted by molar-refractivity contribution is 5.82. The first-order valence-electron chi connectivity index (χ1n) is 7.80. The van der Waals surface area contributed by atoms with Crippen LogP contribution in [-0.2, 0) is 4.79 Å². The number of nitrogens with two attached hydrogens (primary N) is 1. The molecule has 1 atom stereocenters. The maximum Gasteiger partial charge on any atom is 0.239 e. The Kier molecular flexibility index (Phi) is 5.62. The Morgan fingerprint density at radius 2 is 1.90 bits per heavy atom. The molecular weight excluding hydrogens is 264 g/mol. The van der Waals surface area contributed by atoms with Gasteiger partial charge in [0.15, 0.2) is 0 Å². The maximum atomic E-state index is 12.2. The van der Waals surface area contributed by atoms with E-state index in [4.69, 9.17) is 10.5 Å². The van der Waals surface area contributed by atoms with Gasteiger partial charge in [-0.15, -0.1) is 0 Å². The van der Waals surface area contributed by atoms with E-state index in [9.17, 15) is 4.79 Å². The zero-order valence-corrected chi connectivity index (χ0v) is 13.0. The smallest absolute Gasteiger partial charge is 0.239 e. The molecule has 0 saturated carbocycles. The van der Waals surface area contributed by atoms with Gasteiger partial charge in [0.2, 0.25) is 5.91 Å². The molecule has 21 heavy (non-hydrogen) atoms. The number of benzene rings is 1. The second-order valence-corrected chi connectivity index (χ2v) is 6.16. The van der Waals surface area contributed by atoms with Gasteiger partial charge in [0.05, 0.1) is 12.6 Å². The molecule has 0 bridgehead atoms. The number of hydrogen-bond donors (Lipinski definition) is 1. The lowest BCUT2D eigenvalue weighted by Crippen LogP contribution is -2.49. The molecule has 1 aromatic carbocycles. The second kappa shape index (κ2) is 7.46. The first-order valence-corrected chi connectivity index (χ1v) is 7.80. The second-order valence-electron chi connectivity index (χ2n) is 6.16. The molecule has 2 N–H and O–H groups in total. The van der Waals surface area contributed by atoms with E-state index in [-0.39, 0.29) is 17.9 Å². The van der Waals surface area contributed by atoms with E-state index >= 15 is 0 Å². The molecule has 0 spiro atoms. The van der Waals surface area contributed by atoms with Gasteiger partial charge in [-0.3, -0.25) is 4.79 Å². The summed E-state index contributed by atoms with van der Waals surface area (Å²) in [6.45, 7) is 6.29. The Morgan fingerprint density at radius 1 is 1.29 bits per heavy atom. The van der Waals surface area contributed by atoms with E-state index in [2.05, 4.69) is 0 Å². The fourth-order valence-electron chi connectivity index (χ4n) is 2.55. The molecule has 1 fully saturated rings. The third-order valence-electron chi connectivity index (χ3n) is 4.16. The first kappa shape index (κ1) is 15.8. The van der Waals surface area contributed by atoms with Crippen molar-refractivity contribution >= 4 is 5.91 Å². The molecule has 116 valence electrons. The summed E-state index contributed by atoms with van der Waals surface area (Å²) in [4.78, 5) is 14.1. The van der Waals surface area contributed by atoms with Crippen molar-refractivity contribution in [1.29, 1.82) is 0 Å². The highest BCUT2D eigenvalue weighted by atomic mass is 16.5. The molecular formula is C17H26N2O2. The molecule has 0 unspecified atom stereocenters. The fourth-order valence-corrected chi connectivity index (χ4v) is 2.55. The van der Waals surface area contributed by atoms with Crippen LogP contribution in [0.4, 0.5) is 0 Å². The highest BCUT2D eigenvalue weighted by Gasteiger charge is 2.27. The van der Waals surface area contributed by atoms with Crippen LogP contribution in [0.15, 0.2) is 30.3 Å². The number of carbonyl (C=O) groups excluding carboxylic acids is 1. The average molecular weight is 290 g/mol. The minimum atomic E-state index is -0.373. The predicted octanol–water partition coefficient (Wildman–Crippen LogP) is 2.29. The lowest BCUT2D eigenvalue weighted by atomic mass is 9.96. The summed E-state index contributed by atoms with van der Waals surface area (Å²) in [5, 5.41) is 0. The zero-order valence-electron chi connectivity index (χ0n) is 13.0. The molecule has 0 aliphatic carbocycles. The van der Waals surface area contributed by atoms with Gasteiger partial charge < -0.3 is 15.4 Å². The number of carbonyl (C=O) groups is 1.